The van der Waals surface area contributed by atoms with Gasteiger partial charge in [0, 0.05) is 10.5 Å². The third kappa shape index (κ3) is 1.90. The zero-order valence-electron chi connectivity index (χ0n) is 7.13. The molecule has 1 saturated carbocycles. The van der Waals surface area contributed by atoms with Gasteiger partial charge in [-0.1, -0.05) is 23.7 Å². The van der Waals surface area contributed by atoms with Crippen LogP contribution in [0.5, 0.6) is 0 Å². The van der Waals surface area contributed by atoms with E-state index in [2.05, 4.69) is 15.9 Å². The van der Waals surface area contributed by atoms with Crippen molar-refractivity contribution >= 4 is 27.5 Å². The van der Waals surface area contributed by atoms with Gasteiger partial charge in [-0.3, -0.25) is 0 Å². The van der Waals surface area contributed by atoms with E-state index in [1.807, 2.05) is 18.2 Å². The van der Waals surface area contributed by atoms with Crippen LogP contribution in [0.15, 0.2) is 22.7 Å². The van der Waals surface area contributed by atoms with E-state index < -0.39 is 0 Å². The van der Waals surface area contributed by atoms with Gasteiger partial charge in [-0.15, -0.1) is 0 Å². The van der Waals surface area contributed by atoms with Gasteiger partial charge in [0.25, 0.3) is 0 Å². The standard InChI is InChI=1S/C10H11BrClN/c11-8-3-1-2-7(9(8)12)10(13)6-4-5-6/h1-3,6,10H,4-5,13H2/t10-/m0/s1. The first-order valence-electron chi connectivity index (χ1n) is 4.39. The molecular weight excluding hydrogens is 249 g/mol. The Morgan fingerprint density at radius 3 is 2.77 bits per heavy atom. The molecule has 1 fully saturated rings. The van der Waals surface area contributed by atoms with Gasteiger partial charge in [0.2, 0.25) is 0 Å². The Bertz CT molecular complexity index is 323. The van der Waals surface area contributed by atoms with Crippen molar-refractivity contribution in [3.8, 4) is 0 Å². The van der Waals surface area contributed by atoms with E-state index in [-0.39, 0.29) is 6.04 Å². The van der Waals surface area contributed by atoms with Crippen molar-refractivity contribution in [1.29, 1.82) is 0 Å². The number of benzene rings is 1. The van der Waals surface area contributed by atoms with E-state index in [4.69, 9.17) is 17.3 Å². The molecule has 1 aliphatic carbocycles. The molecule has 1 aliphatic rings. The van der Waals surface area contributed by atoms with Crippen LogP contribution in [0.3, 0.4) is 0 Å². The van der Waals surface area contributed by atoms with Gasteiger partial charge in [0.15, 0.2) is 0 Å². The average Bonchev–Trinajstić information content (AvgIpc) is 2.91. The lowest BCUT2D eigenvalue weighted by Crippen LogP contribution is -2.12. The maximum absolute atomic E-state index is 6.13. The van der Waals surface area contributed by atoms with Crippen molar-refractivity contribution in [3.63, 3.8) is 0 Å². The Hall–Kier alpha value is -0.0500. The summed E-state index contributed by atoms with van der Waals surface area (Å²) >= 11 is 9.53. The summed E-state index contributed by atoms with van der Waals surface area (Å²) in [6, 6.07) is 6.04. The van der Waals surface area contributed by atoms with Crippen LogP contribution in [0.25, 0.3) is 0 Å². The molecule has 0 unspecified atom stereocenters. The van der Waals surface area contributed by atoms with Crippen LogP contribution >= 0.6 is 27.5 Å². The largest absolute Gasteiger partial charge is 0.324 e. The van der Waals surface area contributed by atoms with Crippen LogP contribution in [0, 0.1) is 5.92 Å². The monoisotopic (exact) mass is 259 g/mol. The lowest BCUT2D eigenvalue weighted by molar-refractivity contribution is 0.633. The zero-order chi connectivity index (χ0) is 9.42. The van der Waals surface area contributed by atoms with Gasteiger partial charge < -0.3 is 5.73 Å². The van der Waals surface area contributed by atoms with Crippen molar-refractivity contribution in [1.82, 2.24) is 0 Å². The Kier molecular flexibility index (Phi) is 2.63. The van der Waals surface area contributed by atoms with Crippen molar-refractivity contribution in [3.05, 3.63) is 33.3 Å². The molecule has 1 aromatic rings. The highest BCUT2D eigenvalue weighted by molar-refractivity contribution is 9.10. The molecular formula is C10H11BrClN. The molecule has 2 N–H and O–H groups in total. The molecule has 0 heterocycles. The molecule has 1 aromatic carbocycles. The molecule has 1 atom stereocenters. The summed E-state index contributed by atoms with van der Waals surface area (Å²) in [5, 5.41) is 0.766. The molecule has 0 saturated heterocycles. The predicted octanol–water partition coefficient (Wildman–Crippen LogP) is 3.51. The van der Waals surface area contributed by atoms with Crippen LogP contribution < -0.4 is 5.73 Å². The van der Waals surface area contributed by atoms with Crippen molar-refractivity contribution in [2.45, 2.75) is 18.9 Å². The number of halogens is 2. The van der Waals surface area contributed by atoms with E-state index in [1.54, 1.807) is 0 Å². The topological polar surface area (TPSA) is 26.0 Å². The quantitative estimate of drug-likeness (QED) is 0.865. The van der Waals surface area contributed by atoms with Crippen molar-refractivity contribution in [2.75, 3.05) is 0 Å². The first-order valence-corrected chi connectivity index (χ1v) is 5.56. The maximum atomic E-state index is 6.13. The molecule has 70 valence electrons. The SMILES string of the molecule is N[C@H](c1cccc(Br)c1Cl)C1CC1. The summed E-state index contributed by atoms with van der Waals surface area (Å²) in [5.41, 5.74) is 7.13. The maximum Gasteiger partial charge on any atom is 0.0595 e. The van der Waals surface area contributed by atoms with Gasteiger partial charge in [-0.05, 0) is 46.3 Å². The highest BCUT2D eigenvalue weighted by atomic mass is 79.9. The Balaban J connectivity index is 2.32. The second-order valence-corrected chi connectivity index (χ2v) is 4.74. The lowest BCUT2D eigenvalue weighted by Gasteiger charge is -2.13. The van der Waals surface area contributed by atoms with E-state index >= 15 is 0 Å². The minimum absolute atomic E-state index is 0.116. The third-order valence-corrected chi connectivity index (χ3v) is 3.78. The fourth-order valence-corrected chi connectivity index (χ4v) is 2.12. The normalized spacial score (nSPS) is 18.7. The van der Waals surface area contributed by atoms with Crippen LogP contribution in [0.4, 0.5) is 0 Å². The highest BCUT2D eigenvalue weighted by Crippen LogP contribution is 2.42. The molecule has 2 rings (SSSR count). The summed E-state index contributed by atoms with van der Waals surface area (Å²) in [7, 11) is 0. The first kappa shape index (κ1) is 9.50. The molecule has 13 heavy (non-hydrogen) atoms. The van der Waals surface area contributed by atoms with Crippen molar-refractivity contribution < 1.29 is 0 Å². The van der Waals surface area contributed by atoms with Crippen LogP contribution in [0.1, 0.15) is 24.4 Å². The first-order chi connectivity index (χ1) is 6.20. The molecule has 0 radical (unpaired) electrons. The van der Waals surface area contributed by atoms with Gasteiger partial charge >= 0.3 is 0 Å². The van der Waals surface area contributed by atoms with E-state index in [0.717, 1.165) is 15.1 Å². The van der Waals surface area contributed by atoms with Gasteiger partial charge in [0.05, 0.1) is 5.02 Å². The van der Waals surface area contributed by atoms with Gasteiger partial charge in [-0.25, -0.2) is 0 Å². The van der Waals surface area contributed by atoms with Gasteiger partial charge in [0.1, 0.15) is 0 Å². The molecule has 0 aliphatic heterocycles. The smallest absolute Gasteiger partial charge is 0.0595 e. The fraction of sp³-hybridized carbons (Fsp3) is 0.400. The number of rotatable bonds is 2. The summed E-state index contributed by atoms with van der Waals surface area (Å²) < 4.78 is 0.933. The van der Waals surface area contributed by atoms with Gasteiger partial charge in [-0.2, -0.15) is 0 Å². The molecule has 0 bridgehead atoms. The van der Waals surface area contributed by atoms with E-state index in [0.29, 0.717) is 5.92 Å². The molecule has 1 nitrogen and oxygen atoms in total. The third-order valence-electron chi connectivity index (χ3n) is 2.47. The van der Waals surface area contributed by atoms with E-state index in [1.165, 1.54) is 12.8 Å². The minimum Gasteiger partial charge on any atom is -0.324 e. The minimum atomic E-state index is 0.116. The Labute approximate surface area is 91.4 Å². The summed E-state index contributed by atoms with van der Waals surface area (Å²) in [5.74, 6) is 0.645. The lowest BCUT2D eigenvalue weighted by atomic mass is 10.0. The Morgan fingerprint density at radius 2 is 2.15 bits per heavy atom. The average molecular weight is 261 g/mol. The molecule has 0 aromatic heterocycles. The number of hydrogen-bond donors (Lipinski definition) is 1. The molecule has 0 amide bonds. The highest BCUT2D eigenvalue weighted by Gasteiger charge is 2.30. The van der Waals surface area contributed by atoms with E-state index in [9.17, 15) is 0 Å². The second-order valence-electron chi connectivity index (χ2n) is 3.51. The number of nitrogens with two attached hydrogens (primary N) is 1. The zero-order valence-corrected chi connectivity index (χ0v) is 9.48. The van der Waals surface area contributed by atoms with Crippen molar-refractivity contribution in [2.24, 2.45) is 11.7 Å². The predicted molar refractivity (Wildman–Crippen MR) is 58.8 cm³/mol. The summed E-state index contributed by atoms with van der Waals surface area (Å²) in [4.78, 5) is 0. The Morgan fingerprint density at radius 1 is 1.46 bits per heavy atom. The second kappa shape index (κ2) is 3.60. The van der Waals surface area contributed by atoms with Crippen LogP contribution in [0.2, 0.25) is 5.02 Å². The van der Waals surface area contributed by atoms with Crippen LogP contribution in [-0.2, 0) is 0 Å². The fourth-order valence-electron chi connectivity index (χ4n) is 1.49. The molecule has 0 spiro atoms. The molecule has 3 heteroatoms. The van der Waals surface area contributed by atoms with Crippen LogP contribution in [-0.4, -0.2) is 0 Å². The summed E-state index contributed by atoms with van der Waals surface area (Å²) in [6.45, 7) is 0. The summed E-state index contributed by atoms with van der Waals surface area (Å²) in [6.07, 6.45) is 2.48. The number of hydrogen-bond acceptors (Lipinski definition) is 1.